The minimum atomic E-state index is -3.63. The number of para-hydroxylation sites is 2. The molecule has 0 radical (unpaired) electrons. The summed E-state index contributed by atoms with van der Waals surface area (Å²) in [5.41, 5.74) is 2.50. The Morgan fingerprint density at radius 3 is 2.56 bits per heavy atom. The van der Waals surface area contributed by atoms with Crippen LogP contribution in [0.1, 0.15) is 37.6 Å². The second kappa shape index (κ2) is 6.21. The number of Topliss-reactive ketones (excluding diaryl/α,β-unsaturated/α-hetero) is 1. The summed E-state index contributed by atoms with van der Waals surface area (Å²) in [6.45, 7) is 4.14. The number of rotatable bonds is 2. The van der Waals surface area contributed by atoms with E-state index in [4.69, 9.17) is 0 Å². The van der Waals surface area contributed by atoms with Crippen molar-refractivity contribution >= 4 is 38.5 Å². The quantitative estimate of drug-likeness (QED) is 0.812. The second-order valence-corrected chi connectivity index (χ2v) is 10.8. The van der Waals surface area contributed by atoms with E-state index in [0.29, 0.717) is 29.8 Å². The Kier molecular flexibility index (Phi) is 4.20. The van der Waals surface area contributed by atoms with Crippen molar-refractivity contribution in [2.24, 2.45) is 5.41 Å². The molecule has 2 aromatic rings. The molecule has 4 rings (SSSR count). The van der Waals surface area contributed by atoms with E-state index in [2.05, 4.69) is 19.2 Å². The molecule has 0 amide bonds. The number of ketones is 1. The summed E-state index contributed by atoms with van der Waals surface area (Å²) in [6.07, 6.45) is 2.30. The summed E-state index contributed by atoms with van der Waals surface area (Å²) >= 11 is 1.47. The topological polar surface area (TPSA) is 66.5 Å². The molecule has 1 aliphatic heterocycles. The van der Waals surface area contributed by atoms with Crippen LogP contribution < -0.4 is 9.62 Å². The summed E-state index contributed by atoms with van der Waals surface area (Å²) in [5, 5.41) is 5.31. The standard InChI is InChI=1S/C20H22N2O3S2/c1-20(2)11-14-18(16(23)12-20)19(17-9-6-10-26-17)22(27(3,24)25)15-8-5-4-7-13(15)21-14/h4-10,19,21H,11-12H2,1-3H3/t19-/m0/s1. The molecule has 1 N–H and O–H groups in total. The van der Waals surface area contributed by atoms with Gasteiger partial charge in [-0.25, -0.2) is 8.42 Å². The first kappa shape index (κ1) is 18.3. The number of sulfonamides is 1. The van der Waals surface area contributed by atoms with Crippen LogP contribution in [0.3, 0.4) is 0 Å². The number of fused-ring (bicyclic) bond motifs is 1. The summed E-state index contributed by atoms with van der Waals surface area (Å²) in [6, 6.07) is 10.5. The minimum absolute atomic E-state index is 0.00797. The van der Waals surface area contributed by atoms with Gasteiger partial charge in [0.15, 0.2) is 5.78 Å². The maximum atomic E-state index is 13.2. The van der Waals surface area contributed by atoms with Gasteiger partial charge in [0.1, 0.15) is 6.04 Å². The molecule has 2 aliphatic rings. The van der Waals surface area contributed by atoms with Crippen LogP contribution in [0.2, 0.25) is 0 Å². The van der Waals surface area contributed by atoms with Gasteiger partial charge in [-0.2, -0.15) is 0 Å². The van der Waals surface area contributed by atoms with Crippen LogP contribution in [0.4, 0.5) is 11.4 Å². The number of thiophene rings is 1. The summed E-state index contributed by atoms with van der Waals surface area (Å²) in [7, 11) is -3.63. The molecule has 1 aromatic heterocycles. The van der Waals surface area contributed by atoms with Gasteiger partial charge in [-0.15, -0.1) is 11.3 Å². The Labute approximate surface area is 163 Å². The maximum Gasteiger partial charge on any atom is 0.233 e. The van der Waals surface area contributed by atoms with Crippen LogP contribution in [0.5, 0.6) is 0 Å². The first-order valence-electron chi connectivity index (χ1n) is 8.82. The molecule has 0 unspecified atom stereocenters. The Morgan fingerprint density at radius 1 is 1.15 bits per heavy atom. The van der Waals surface area contributed by atoms with Crippen LogP contribution in [-0.4, -0.2) is 20.5 Å². The van der Waals surface area contributed by atoms with Crippen molar-refractivity contribution in [2.45, 2.75) is 32.7 Å². The summed E-state index contributed by atoms with van der Waals surface area (Å²) in [5.74, 6) is 0.00797. The lowest BCUT2D eigenvalue weighted by Crippen LogP contribution is -2.38. The molecule has 7 heteroatoms. The van der Waals surface area contributed by atoms with E-state index in [1.807, 2.05) is 35.7 Å². The predicted octanol–water partition coefficient (Wildman–Crippen LogP) is 4.32. The highest BCUT2D eigenvalue weighted by atomic mass is 32.2. The van der Waals surface area contributed by atoms with E-state index >= 15 is 0 Å². The van der Waals surface area contributed by atoms with Gasteiger partial charge in [-0.05, 0) is 35.4 Å². The monoisotopic (exact) mass is 402 g/mol. The third kappa shape index (κ3) is 3.19. The molecule has 27 heavy (non-hydrogen) atoms. The highest BCUT2D eigenvalue weighted by Crippen LogP contribution is 2.49. The maximum absolute atomic E-state index is 13.2. The van der Waals surface area contributed by atoms with E-state index in [0.717, 1.165) is 10.6 Å². The number of hydrogen-bond donors (Lipinski definition) is 1. The lowest BCUT2D eigenvalue weighted by Gasteiger charge is -2.36. The van der Waals surface area contributed by atoms with Crippen LogP contribution in [0, 0.1) is 5.41 Å². The van der Waals surface area contributed by atoms with E-state index in [-0.39, 0.29) is 11.2 Å². The van der Waals surface area contributed by atoms with Crippen molar-refractivity contribution in [1.82, 2.24) is 0 Å². The van der Waals surface area contributed by atoms with Gasteiger partial charge in [0, 0.05) is 22.6 Å². The van der Waals surface area contributed by atoms with Crippen molar-refractivity contribution in [2.75, 3.05) is 15.9 Å². The fourth-order valence-electron chi connectivity index (χ4n) is 4.03. The molecule has 142 valence electrons. The molecule has 0 saturated heterocycles. The molecule has 1 aromatic carbocycles. The van der Waals surface area contributed by atoms with Gasteiger partial charge >= 0.3 is 0 Å². The predicted molar refractivity (Wildman–Crippen MR) is 109 cm³/mol. The fraction of sp³-hybridized carbons (Fsp3) is 0.350. The molecule has 0 fully saturated rings. The number of allylic oxidation sites excluding steroid dienone is 1. The van der Waals surface area contributed by atoms with E-state index < -0.39 is 16.1 Å². The zero-order valence-corrected chi connectivity index (χ0v) is 17.2. The average molecular weight is 403 g/mol. The highest BCUT2D eigenvalue weighted by molar-refractivity contribution is 7.92. The highest BCUT2D eigenvalue weighted by Gasteiger charge is 2.44. The number of hydrogen-bond acceptors (Lipinski definition) is 5. The zero-order valence-electron chi connectivity index (χ0n) is 15.5. The Balaban J connectivity index is 2.05. The zero-order chi connectivity index (χ0) is 19.4. The van der Waals surface area contributed by atoms with E-state index in [9.17, 15) is 13.2 Å². The van der Waals surface area contributed by atoms with Gasteiger partial charge in [0.05, 0.1) is 17.6 Å². The number of nitrogens with one attached hydrogen (secondary N) is 1. The fourth-order valence-corrected chi connectivity index (χ4v) is 6.04. The first-order chi connectivity index (χ1) is 12.7. The van der Waals surface area contributed by atoms with Gasteiger partial charge in [-0.1, -0.05) is 32.0 Å². The normalized spacial score (nSPS) is 22.0. The van der Waals surface area contributed by atoms with Crippen LogP contribution >= 0.6 is 11.3 Å². The minimum Gasteiger partial charge on any atom is -0.357 e. The Hall–Kier alpha value is -2.12. The molecule has 1 atom stereocenters. The summed E-state index contributed by atoms with van der Waals surface area (Å²) < 4.78 is 27.2. The van der Waals surface area contributed by atoms with Crippen molar-refractivity contribution in [1.29, 1.82) is 0 Å². The third-order valence-corrected chi connectivity index (χ3v) is 7.07. The molecular weight excluding hydrogens is 380 g/mol. The number of carbonyl (C=O) groups is 1. The van der Waals surface area contributed by atoms with E-state index in [1.54, 1.807) is 6.07 Å². The number of nitrogens with zero attached hydrogens (tertiary/aromatic N) is 1. The van der Waals surface area contributed by atoms with Gasteiger partial charge in [-0.3, -0.25) is 9.10 Å². The SMILES string of the molecule is CC1(C)CC(=O)C2=C(C1)Nc1ccccc1N(S(C)(=O)=O)[C@H]2c1cccs1. The van der Waals surface area contributed by atoms with Crippen molar-refractivity contribution in [3.8, 4) is 0 Å². The third-order valence-electron chi connectivity index (χ3n) is 5.02. The molecule has 0 saturated carbocycles. The largest absolute Gasteiger partial charge is 0.357 e. The Morgan fingerprint density at radius 2 is 1.89 bits per heavy atom. The first-order valence-corrected chi connectivity index (χ1v) is 11.6. The van der Waals surface area contributed by atoms with Gasteiger partial charge in [0.25, 0.3) is 0 Å². The van der Waals surface area contributed by atoms with Crippen LogP contribution in [0.15, 0.2) is 53.0 Å². The second-order valence-electron chi connectivity index (χ2n) is 7.95. The van der Waals surface area contributed by atoms with Crippen molar-refractivity contribution in [3.05, 3.63) is 57.9 Å². The molecule has 0 bridgehead atoms. The average Bonchev–Trinajstić information content (AvgIpc) is 3.01. The van der Waals surface area contributed by atoms with Gasteiger partial charge < -0.3 is 5.32 Å². The molecule has 5 nitrogen and oxygen atoms in total. The molecule has 2 heterocycles. The smallest absolute Gasteiger partial charge is 0.233 e. The van der Waals surface area contributed by atoms with E-state index in [1.165, 1.54) is 21.9 Å². The van der Waals surface area contributed by atoms with Crippen LogP contribution in [0.25, 0.3) is 0 Å². The van der Waals surface area contributed by atoms with Crippen LogP contribution in [-0.2, 0) is 14.8 Å². The Bertz CT molecular complexity index is 1040. The van der Waals surface area contributed by atoms with Crippen molar-refractivity contribution in [3.63, 3.8) is 0 Å². The molecule has 1 aliphatic carbocycles. The molecular formula is C20H22N2O3S2. The summed E-state index contributed by atoms with van der Waals surface area (Å²) in [4.78, 5) is 14.1. The number of benzene rings is 1. The number of carbonyl (C=O) groups excluding carboxylic acids is 1. The van der Waals surface area contributed by atoms with Gasteiger partial charge in [0.2, 0.25) is 10.0 Å². The number of anilines is 2. The lowest BCUT2D eigenvalue weighted by molar-refractivity contribution is -0.118. The van der Waals surface area contributed by atoms with Crippen molar-refractivity contribution < 1.29 is 13.2 Å². The molecule has 0 spiro atoms. The lowest BCUT2D eigenvalue weighted by atomic mass is 9.74.